The quantitative estimate of drug-likeness (QED) is 0.616. The summed E-state index contributed by atoms with van der Waals surface area (Å²) in [5.74, 6) is -3.31. The Morgan fingerprint density at radius 2 is 1.56 bits per heavy atom. The smallest absolute Gasteiger partial charge is 0.236 e. The van der Waals surface area contributed by atoms with E-state index in [2.05, 4.69) is 0 Å². The number of ketones is 2. The fourth-order valence-corrected chi connectivity index (χ4v) is 1.53. The maximum atomic E-state index is 13.3. The topological polar surface area (TPSA) is 34.1 Å². The van der Waals surface area contributed by atoms with Crippen molar-refractivity contribution in [2.24, 2.45) is 0 Å². The molecule has 0 aromatic heterocycles. The molecule has 4 heteroatoms. The first-order chi connectivity index (χ1) is 8.59. The molecule has 0 aliphatic heterocycles. The van der Waals surface area contributed by atoms with Gasteiger partial charge in [-0.25, -0.2) is 8.78 Å². The second-order valence-electron chi connectivity index (χ2n) is 3.65. The molecule has 0 unspecified atom stereocenters. The van der Waals surface area contributed by atoms with E-state index in [0.29, 0.717) is 0 Å². The van der Waals surface area contributed by atoms with Crippen molar-refractivity contribution in [1.29, 1.82) is 0 Å². The molecule has 0 fully saturated rings. The van der Waals surface area contributed by atoms with Crippen LogP contribution in [-0.2, 0) is 0 Å². The van der Waals surface area contributed by atoms with E-state index in [-0.39, 0.29) is 11.1 Å². The first-order valence-electron chi connectivity index (χ1n) is 5.18. The van der Waals surface area contributed by atoms with Crippen LogP contribution in [0.5, 0.6) is 0 Å². The Balaban J connectivity index is 2.36. The Bertz CT molecular complexity index is 621. The average Bonchev–Trinajstić information content (AvgIpc) is 2.37. The van der Waals surface area contributed by atoms with Crippen molar-refractivity contribution in [1.82, 2.24) is 0 Å². The van der Waals surface area contributed by atoms with Crippen LogP contribution >= 0.6 is 0 Å². The molecule has 2 rings (SSSR count). The van der Waals surface area contributed by atoms with Crippen molar-refractivity contribution in [2.45, 2.75) is 0 Å². The Kier molecular flexibility index (Phi) is 3.28. The third-order valence-corrected chi connectivity index (χ3v) is 2.41. The van der Waals surface area contributed by atoms with E-state index < -0.39 is 23.2 Å². The van der Waals surface area contributed by atoms with Gasteiger partial charge in [-0.3, -0.25) is 9.59 Å². The Morgan fingerprint density at radius 1 is 0.833 bits per heavy atom. The highest BCUT2D eigenvalue weighted by atomic mass is 19.1. The molecule has 18 heavy (non-hydrogen) atoms. The number of carbonyl (C=O) groups is 2. The maximum Gasteiger partial charge on any atom is 0.236 e. The fraction of sp³-hybridized carbons (Fsp3) is 0. The summed E-state index contributed by atoms with van der Waals surface area (Å²) in [4.78, 5) is 23.5. The lowest BCUT2D eigenvalue weighted by atomic mass is 10.0. The van der Waals surface area contributed by atoms with Gasteiger partial charge in [-0.05, 0) is 24.3 Å². The number of rotatable bonds is 3. The molecule has 90 valence electrons. The minimum absolute atomic E-state index is 0.0942. The van der Waals surface area contributed by atoms with E-state index in [0.717, 1.165) is 18.2 Å². The summed E-state index contributed by atoms with van der Waals surface area (Å²) in [5, 5.41) is 0. The van der Waals surface area contributed by atoms with E-state index in [1.165, 1.54) is 30.3 Å². The zero-order valence-electron chi connectivity index (χ0n) is 9.19. The lowest BCUT2D eigenvalue weighted by Crippen LogP contribution is -2.16. The van der Waals surface area contributed by atoms with Crippen molar-refractivity contribution in [3.8, 4) is 0 Å². The summed E-state index contributed by atoms with van der Waals surface area (Å²) in [6, 6.07) is 9.90. The molecular weight excluding hydrogens is 238 g/mol. The summed E-state index contributed by atoms with van der Waals surface area (Å²) < 4.78 is 26.3. The highest BCUT2D eigenvalue weighted by Gasteiger charge is 2.21. The SMILES string of the molecule is O=C(C(=O)c1ccccc1F)c1cccc(F)c1. The van der Waals surface area contributed by atoms with Crippen LogP contribution in [0.4, 0.5) is 8.78 Å². The molecule has 0 bridgehead atoms. The van der Waals surface area contributed by atoms with Crippen LogP contribution in [0.15, 0.2) is 48.5 Å². The zero-order valence-corrected chi connectivity index (χ0v) is 9.19. The summed E-state index contributed by atoms with van der Waals surface area (Å²) in [7, 11) is 0. The minimum Gasteiger partial charge on any atom is -0.285 e. The molecule has 0 spiro atoms. The van der Waals surface area contributed by atoms with Gasteiger partial charge in [0.15, 0.2) is 0 Å². The lowest BCUT2D eigenvalue weighted by Gasteiger charge is -2.02. The molecule has 0 radical (unpaired) electrons. The average molecular weight is 246 g/mol. The standard InChI is InChI=1S/C14H8F2O2/c15-10-5-3-4-9(8-10)13(17)14(18)11-6-1-2-7-12(11)16/h1-8H. The van der Waals surface area contributed by atoms with Gasteiger partial charge in [-0.15, -0.1) is 0 Å². The third-order valence-electron chi connectivity index (χ3n) is 2.41. The second kappa shape index (κ2) is 4.87. The Hall–Kier alpha value is -2.36. The van der Waals surface area contributed by atoms with E-state index in [4.69, 9.17) is 0 Å². The van der Waals surface area contributed by atoms with Crippen molar-refractivity contribution in [2.75, 3.05) is 0 Å². The predicted octanol–water partition coefficient (Wildman–Crippen LogP) is 3.03. The number of hydrogen-bond donors (Lipinski definition) is 0. The van der Waals surface area contributed by atoms with E-state index in [9.17, 15) is 18.4 Å². The molecule has 0 amide bonds. The van der Waals surface area contributed by atoms with Gasteiger partial charge in [-0.2, -0.15) is 0 Å². The molecule has 0 aliphatic carbocycles. The highest BCUT2D eigenvalue weighted by Crippen LogP contribution is 2.12. The zero-order chi connectivity index (χ0) is 13.1. The number of halogens is 2. The maximum absolute atomic E-state index is 13.3. The summed E-state index contributed by atoms with van der Waals surface area (Å²) in [5.41, 5.74) is -0.407. The molecule has 0 saturated heterocycles. The molecule has 2 nitrogen and oxygen atoms in total. The fourth-order valence-electron chi connectivity index (χ4n) is 1.53. The Morgan fingerprint density at radius 3 is 2.22 bits per heavy atom. The van der Waals surface area contributed by atoms with Crippen LogP contribution in [-0.4, -0.2) is 11.6 Å². The molecule has 0 heterocycles. The number of benzene rings is 2. The summed E-state index contributed by atoms with van der Waals surface area (Å²) in [6.45, 7) is 0. The molecule has 2 aromatic rings. The van der Waals surface area contributed by atoms with Crippen LogP contribution in [0.25, 0.3) is 0 Å². The molecule has 2 aromatic carbocycles. The number of carbonyl (C=O) groups excluding carboxylic acids is 2. The van der Waals surface area contributed by atoms with Crippen molar-refractivity contribution >= 4 is 11.6 Å². The normalized spacial score (nSPS) is 10.1. The van der Waals surface area contributed by atoms with Gasteiger partial charge < -0.3 is 0 Å². The molecule has 0 atom stereocenters. The van der Waals surface area contributed by atoms with Crippen molar-refractivity contribution < 1.29 is 18.4 Å². The molecule has 0 aliphatic rings. The van der Waals surface area contributed by atoms with Crippen LogP contribution in [0.1, 0.15) is 20.7 Å². The van der Waals surface area contributed by atoms with Gasteiger partial charge in [0, 0.05) is 5.56 Å². The van der Waals surface area contributed by atoms with E-state index in [1.807, 2.05) is 0 Å². The van der Waals surface area contributed by atoms with E-state index >= 15 is 0 Å². The van der Waals surface area contributed by atoms with E-state index in [1.54, 1.807) is 0 Å². The van der Waals surface area contributed by atoms with Gasteiger partial charge in [0.2, 0.25) is 11.6 Å². The lowest BCUT2D eigenvalue weighted by molar-refractivity contribution is 0.0814. The van der Waals surface area contributed by atoms with Crippen molar-refractivity contribution in [3.05, 3.63) is 71.3 Å². The molecule has 0 N–H and O–H groups in total. The first-order valence-corrected chi connectivity index (χ1v) is 5.18. The largest absolute Gasteiger partial charge is 0.285 e. The monoisotopic (exact) mass is 246 g/mol. The van der Waals surface area contributed by atoms with Gasteiger partial charge in [0.25, 0.3) is 0 Å². The van der Waals surface area contributed by atoms with Gasteiger partial charge in [-0.1, -0.05) is 24.3 Å². The van der Waals surface area contributed by atoms with Gasteiger partial charge in [0.1, 0.15) is 11.6 Å². The first kappa shape index (κ1) is 12.1. The number of Topliss-reactive ketones (excluding diaryl/α,β-unsaturated/α-hetero) is 2. The minimum atomic E-state index is -0.987. The number of hydrogen-bond acceptors (Lipinski definition) is 2. The molecule has 0 saturated carbocycles. The molecular formula is C14H8F2O2. The van der Waals surface area contributed by atoms with Crippen LogP contribution in [0.3, 0.4) is 0 Å². The predicted molar refractivity (Wildman–Crippen MR) is 61.5 cm³/mol. The van der Waals surface area contributed by atoms with Gasteiger partial charge in [0.05, 0.1) is 5.56 Å². The summed E-state index contributed by atoms with van der Waals surface area (Å²) >= 11 is 0. The highest BCUT2D eigenvalue weighted by molar-refractivity contribution is 6.49. The summed E-state index contributed by atoms with van der Waals surface area (Å²) in [6.07, 6.45) is 0. The second-order valence-corrected chi connectivity index (χ2v) is 3.65. The van der Waals surface area contributed by atoms with Crippen LogP contribution in [0.2, 0.25) is 0 Å². The van der Waals surface area contributed by atoms with Gasteiger partial charge >= 0.3 is 0 Å². The van der Waals surface area contributed by atoms with Crippen LogP contribution in [0, 0.1) is 11.6 Å². The Labute approximate surface area is 102 Å². The third kappa shape index (κ3) is 2.32. The van der Waals surface area contributed by atoms with Crippen LogP contribution < -0.4 is 0 Å². The van der Waals surface area contributed by atoms with Crippen molar-refractivity contribution in [3.63, 3.8) is 0 Å².